The van der Waals surface area contributed by atoms with E-state index >= 15 is 0 Å². The highest BCUT2D eigenvalue weighted by Gasteiger charge is 2.09. The highest BCUT2D eigenvalue weighted by Crippen LogP contribution is 2.27. The van der Waals surface area contributed by atoms with Crippen LogP contribution in [0.2, 0.25) is 0 Å². The summed E-state index contributed by atoms with van der Waals surface area (Å²) < 4.78 is 5.33. The van der Waals surface area contributed by atoms with Gasteiger partial charge >= 0.3 is 0 Å². The Morgan fingerprint density at radius 1 is 1.25 bits per heavy atom. The molecule has 0 aliphatic heterocycles. The third kappa shape index (κ3) is 2.72. The van der Waals surface area contributed by atoms with Crippen LogP contribution in [0.15, 0.2) is 6.07 Å². The molecule has 4 nitrogen and oxygen atoms in total. The van der Waals surface area contributed by atoms with Crippen molar-refractivity contribution in [3.05, 3.63) is 28.3 Å². The fourth-order valence-electron chi connectivity index (χ4n) is 1.84. The lowest BCUT2D eigenvalue weighted by molar-refractivity contribution is 0.410. The van der Waals surface area contributed by atoms with Crippen molar-refractivity contribution in [1.82, 2.24) is 10.7 Å². The number of methoxy groups -OCH3 is 1. The van der Waals surface area contributed by atoms with Gasteiger partial charge in [0.15, 0.2) is 0 Å². The van der Waals surface area contributed by atoms with Crippen LogP contribution in [-0.2, 0) is 6.54 Å². The molecule has 0 aromatic heterocycles. The summed E-state index contributed by atoms with van der Waals surface area (Å²) in [5.74, 6) is 6.17. The first kappa shape index (κ1) is 13.0. The van der Waals surface area contributed by atoms with Crippen LogP contribution in [-0.4, -0.2) is 13.8 Å². The standard InChI is InChI=1S/C12H21N3O/c1-8-5-12(16-4)10(3)9(2)11(8)6-14-7-15-13/h5,14-15H,6-7,13H2,1-4H3. The summed E-state index contributed by atoms with van der Waals surface area (Å²) in [4.78, 5) is 0. The van der Waals surface area contributed by atoms with E-state index in [4.69, 9.17) is 10.6 Å². The van der Waals surface area contributed by atoms with Gasteiger partial charge in [0.05, 0.1) is 13.8 Å². The normalized spacial score (nSPS) is 10.6. The van der Waals surface area contributed by atoms with Crippen molar-refractivity contribution in [2.45, 2.75) is 27.3 Å². The van der Waals surface area contributed by atoms with Crippen molar-refractivity contribution in [2.24, 2.45) is 5.84 Å². The lowest BCUT2D eigenvalue weighted by Gasteiger charge is -2.16. The molecule has 0 saturated heterocycles. The molecule has 0 amide bonds. The first-order valence-electron chi connectivity index (χ1n) is 5.39. The van der Waals surface area contributed by atoms with E-state index in [0.29, 0.717) is 6.67 Å². The van der Waals surface area contributed by atoms with Crippen molar-refractivity contribution in [3.8, 4) is 5.75 Å². The predicted molar refractivity (Wildman–Crippen MR) is 66.2 cm³/mol. The Kier molecular flexibility index (Phi) is 4.73. The molecule has 4 N–H and O–H groups in total. The lowest BCUT2D eigenvalue weighted by Crippen LogP contribution is -2.33. The highest BCUT2D eigenvalue weighted by atomic mass is 16.5. The summed E-state index contributed by atoms with van der Waals surface area (Å²) in [6, 6.07) is 2.08. The number of nitrogens with one attached hydrogen (secondary N) is 2. The average Bonchev–Trinajstić information content (AvgIpc) is 2.28. The quantitative estimate of drug-likeness (QED) is 0.303. The van der Waals surface area contributed by atoms with Gasteiger partial charge in [-0.3, -0.25) is 11.2 Å². The minimum atomic E-state index is 0.601. The van der Waals surface area contributed by atoms with E-state index in [0.717, 1.165) is 12.3 Å². The maximum atomic E-state index is 5.33. The van der Waals surface area contributed by atoms with E-state index in [2.05, 4.69) is 37.6 Å². The summed E-state index contributed by atoms with van der Waals surface area (Å²) in [6.45, 7) is 7.72. The van der Waals surface area contributed by atoms with Gasteiger partial charge in [-0.25, -0.2) is 5.43 Å². The molecule has 0 fully saturated rings. The summed E-state index contributed by atoms with van der Waals surface area (Å²) in [5, 5.41) is 3.22. The molecule has 0 spiro atoms. The van der Waals surface area contributed by atoms with Crippen LogP contribution < -0.4 is 21.3 Å². The molecule has 0 unspecified atom stereocenters. The Hall–Kier alpha value is -1.10. The molecule has 1 aromatic rings. The zero-order valence-electron chi connectivity index (χ0n) is 10.5. The van der Waals surface area contributed by atoms with Crippen LogP contribution in [0.5, 0.6) is 5.75 Å². The number of nitrogens with two attached hydrogens (primary N) is 1. The molecule has 16 heavy (non-hydrogen) atoms. The van der Waals surface area contributed by atoms with E-state index in [-0.39, 0.29) is 0 Å². The van der Waals surface area contributed by atoms with Crippen molar-refractivity contribution in [2.75, 3.05) is 13.8 Å². The zero-order valence-corrected chi connectivity index (χ0v) is 10.5. The van der Waals surface area contributed by atoms with Crippen molar-refractivity contribution < 1.29 is 4.74 Å². The van der Waals surface area contributed by atoms with E-state index in [9.17, 15) is 0 Å². The largest absolute Gasteiger partial charge is 0.496 e. The first-order chi connectivity index (χ1) is 7.61. The van der Waals surface area contributed by atoms with Gasteiger partial charge in [-0.05, 0) is 49.1 Å². The zero-order chi connectivity index (χ0) is 12.1. The molecular formula is C12H21N3O. The fourth-order valence-corrected chi connectivity index (χ4v) is 1.84. The van der Waals surface area contributed by atoms with Gasteiger partial charge in [0.1, 0.15) is 5.75 Å². The molecule has 4 heteroatoms. The SMILES string of the molecule is COc1cc(C)c(CNCNN)c(C)c1C. The van der Waals surface area contributed by atoms with Crippen LogP contribution in [0.4, 0.5) is 0 Å². The molecule has 0 atom stereocenters. The Labute approximate surface area is 97.1 Å². The van der Waals surface area contributed by atoms with Gasteiger partial charge in [0.25, 0.3) is 0 Å². The van der Waals surface area contributed by atoms with Crippen LogP contribution in [0.25, 0.3) is 0 Å². The Morgan fingerprint density at radius 3 is 2.50 bits per heavy atom. The summed E-state index contributed by atoms with van der Waals surface area (Å²) >= 11 is 0. The number of ether oxygens (including phenoxy) is 1. The highest BCUT2D eigenvalue weighted by molar-refractivity contribution is 5.47. The molecule has 0 bridgehead atoms. The number of aryl methyl sites for hydroxylation is 1. The molecule has 90 valence electrons. The van der Waals surface area contributed by atoms with Crippen molar-refractivity contribution >= 4 is 0 Å². The summed E-state index contributed by atoms with van der Waals surface area (Å²) in [5.41, 5.74) is 7.61. The summed E-state index contributed by atoms with van der Waals surface area (Å²) in [6.07, 6.45) is 0. The Balaban J connectivity index is 2.96. The maximum Gasteiger partial charge on any atom is 0.122 e. The topological polar surface area (TPSA) is 59.3 Å². The molecule has 1 aromatic carbocycles. The maximum absolute atomic E-state index is 5.33. The van der Waals surface area contributed by atoms with Gasteiger partial charge in [-0.2, -0.15) is 0 Å². The average molecular weight is 223 g/mol. The molecule has 0 heterocycles. The van der Waals surface area contributed by atoms with Crippen LogP contribution in [0.3, 0.4) is 0 Å². The van der Waals surface area contributed by atoms with Crippen molar-refractivity contribution in [1.29, 1.82) is 0 Å². The van der Waals surface area contributed by atoms with Crippen LogP contribution in [0.1, 0.15) is 22.3 Å². The number of benzene rings is 1. The lowest BCUT2D eigenvalue weighted by atomic mass is 9.97. The number of rotatable bonds is 5. The van der Waals surface area contributed by atoms with Gasteiger partial charge in [-0.1, -0.05) is 0 Å². The minimum absolute atomic E-state index is 0.601. The summed E-state index contributed by atoms with van der Waals surface area (Å²) in [7, 11) is 1.71. The Morgan fingerprint density at radius 2 is 1.94 bits per heavy atom. The fraction of sp³-hybridized carbons (Fsp3) is 0.500. The van der Waals surface area contributed by atoms with E-state index in [1.165, 1.54) is 22.3 Å². The molecule has 0 saturated carbocycles. The molecular weight excluding hydrogens is 202 g/mol. The number of hydrogen-bond acceptors (Lipinski definition) is 4. The van der Waals surface area contributed by atoms with Crippen molar-refractivity contribution in [3.63, 3.8) is 0 Å². The predicted octanol–water partition coefficient (Wildman–Crippen LogP) is 1.13. The number of hydrogen-bond donors (Lipinski definition) is 3. The molecule has 1 rings (SSSR count). The molecule has 0 aliphatic rings. The molecule has 0 radical (unpaired) electrons. The van der Waals surface area contributed by atoms with E-state index in [1.807, 2.05) is 0 Å². The van der Waals surface area contributed by atoms with Gasteiger partial charge in [0, 0.05) is 6.54 Å². The number of hydrazine groups is 1. The van der Waals surface area contributed by atoms with E-state index < -0.39 is 0 Å². The van der Waals surface area contributed by atoms with Crippen LogP contribution >= 0.6 is 0 Å². The monoisotopic (exact) mass is 223 g/mol. The van der Waals surface area contributed by atoms with Gasteiger partial charge in [0.2, 0.25) is 0 Å². The second-order valence-electron chi connectivity index (χ2n) is 3.93. The second kappa shape index (κ2) is 5.84. The minimum Gasteiger partial charge on any atom is -0.496 e. The van der Waals surface area contributed by atoms with Crippen LogP contribution in [0, 0.1) is 20.8 Å². The third-order valence-electron chi connectivity index (χ3n) is 2.96. The van der Waals surface area contributed by atoms with Gasteiger partial charge < -0.3 is 4.74 Å². The first-order valence-corrected chi connectivity index (χ1v) is 5.39. The Bertz CT molecular complexity index is 364. The second-order valence-corrected chi connectivity index (χ2v) is 3.93. The molecule has 0 aliphatic carbocycles. The van der Waals surface area contributed by atoms with E-state index in [1.54, 1.807) is 7.11 Å². The third-order valence-corrected chi connectivity index (χ3v) is 2.96. The van der Waals surface area contributed by atoms with Gasteiger partial charge in [-0.15, -0.1) is 0 Å². The smallest absolute Gasteiger partial charge is 0.122 e.